The Morgan fingerprint density at radius 2 is 1.69 bits per heavy atom. The average Bonchev–Trinajstić information content (AvgIpc) is 2.90. The van der Waals surface area contributed by atoms with Crippen LogP contribution in [0.4, 0.5) is 16.2 Å². The summed E-state index contributed by atoms with van der Waals surface area (Å²) in [6.45, 7) is -0.359. The van der Waals surface area contributed by atoms with Gasteiger partial charge in [0.05, 0.1) is 22.8 Å². The van der Waals surface area contributed by atoms with Crippen LogP contribution in [-0.2, 0) is 19.1 Å². The number of anilines is 2. The van der Waals surface area contributed by atoms with Crippen LogP contribution in [0, 0.1) is 0 Å². The number of esters is 1. The van der Waals surface area contributed by atoms with E-state index in [1.165, 1.54) is 37.5 Å². The molecule has 1 heterocycles. The van der Waals surface area contributed by atoms with Crippen LogP contribution in [0.15, 0.2) is 81.2 Å². The van der Waals surface area contributed by atoms with Crippen molar-refractivity contribution in [2.24, 2.45) is 0 Å². The molecule has 0 aromatic heterocycles. The Hall–Kier alpha value is -4.29. The second-order valence-corrected chi connectivity index (χ2v) is 9.78. The van der Waals surface area contributed by atoms with Crippen LogP contribution in [-0.4, -0.2) is 43.4 Å². The maximum atomic E-state index is 13.3. The minimum Gasteiger partial charge on any atom is -0.482 e. The summed E-state index contributed by atoms with van der Waals surface area (Å²) in [6, 6.07) is 16.7. The normalized spacial score (nSPS) is 14.2. The van der Waals surface area contributed by atoms with Crippen molar-refractivity contribution >= 4 is 79.0 Å². The Bertz CT molecular complexity index is 1510. The number of nitrogens with zero attached hydrogens (tertiary/aromatic N) is 1. The van der Waals surface area contributed by atoms with Gasteiger partial charge >= 0.3 is 12.0 Å². The van der Waals surface area contributed by atoms with E-state index in [-0.39, 0.29) is 34.7 Å². The molecule has 3 aromatic carbocycles. The first kappa shape index (κ1) is 27.7. The van der Waals surface area contributed by atoms with Crippen LogP contribution in [0.2, 0.25) is 0 Å². The molecule has 0 spiro atoms. The van der Waals surface area contributed by atoms with Gasteiger partial charge in [0.1, 0.15) is 11.3 Å². The second kappa shape index (κ2) is 12.0. The summed E-state index contributed by atoms with van der Waals surface area (Å²) in [5.74, 6) is -2.61. The number of nitrogens with one attached hydrogen (secondary N) is 2. The molecule has 4 rings (SSSR count). The molecule has 0 unspecified atom stereocenters. The van der Waals surface area contributed by atoms with Gasteiger partial charge in [0.25, 0.3) is 17.7 Å². The van der Waals surface area contributed by atoms with Gasteiger partial charge in [-0.3, -0.25) is 19.7 Å². The van der Waals surface area contributed by atoms with Crippen molar-refractivity contribution < 1.29 is 33.4 Å². The van der Waals surface area contributed by atoms with E-state index < -0.39 is 29.7 Å². The minimum atomic E-state index is -0.947. The fraction of sp³-hybridized carbons (Fsp3) is 0.0741. The first-order valence-electron chi connectivity index (χ1n) is 11.2. The number of halogens is 2. The number of benzene rings is 3. The number of amides is 5. The zero-order chi connectivity index (χ0) is 28.1. The average molecular weight is 657 g/mol. The maximum absolute atomic E-state index is 13.3. The monoisotopic (exact) mass is 655 g/mol. The number of ether oxygens (including phenoxy) is 2. The topological polar surface area (TPSA) is 131 Å². The van der Waals surface area contributed by atoms with Crippen LogP contribution in [0.3, 0.4) is 0 Å². The lowest BCUT2D eigenvalue weighted by Crippen LogP contribution is -2.54. The molecule has 0 saturated carbocycles. The number of hydrogen-bond acceptors (Lipinski definition) is 7. The van der Waals surface area contributed by atoms with Crippen molar-refractivity contribution in [1.29, 1.82) is 0 Å². The van der Waals surface area contributed by atoms with Gasteiger partial charge in [0.15, 0.2) is 6.61 Å². The molecule has 10 nitrogen and oxygen atoms in total. The molecule has 1 fully saturated rings. The molecule has 12 heteroatoms. The molecule has 0 radical (unpaired) electrons. The number of hydrogen-bond donors (Lipinski definition) is 2. The Labute approximate surface area is 239 Å². The van der Waals surface area contributed by atoms with Crippen LogP contribution in [0.25, 0.3) is 6.08 Å². The molecule has 0 atom stereocenters. The molecule has 3 aromatic rings. The number of para-hydroxylation sites is 1. The van der Waals surface area contributed by atoms with E-state index in [4.69, 9.17) is 4.74 Å². The molecular formula is C27H19Br2N3O7. The van der Waals surface area contributed by atoms with Gasteiger partial charge in [-0.2, -0.15) is 0 Å². The molecule has 1 aliphatic rings. The highest BCUT2D eigenvalue weighted by Gasteiger charge is 2.37. The highest BCUT2D eigenvalue weighted by molar-refractivity contribution is 9.11. The first-order valence-corrected chi connectivity index (χ1v) is 12.8. The van der Waals surface area contributed by atoms with E-state index in [1.54, 1.807) is 36.4 Å². The Morgan fingerprint density at radius 3 is 2.36 bits per heavy atom. The van der Waals surface area contributed by atoms with Crippen LogP contribution in [0.5, 0.6) is 5.75 Å². The third-order valence-electron chi connectivity index (χ3n) is 5.39. The summed E-state index contributed by atoms with van der Waals surface area (Å²) in [5, 5.41) is 4.85. The first-order chi connectivity index (χ1) is 18.7. The van der Waals surface area contributed by atoms with Gasteiger partial charge in [-0.25, -0.2) is 14.5 Å². The fourth-order valence-electron chi connectivity index (χ4n) is 3.61. The number of carbonyl (C=O) groups excluding carboxylic acids is 5. The SMILES string of the molecule is COC(=O)c1ccc(N2C(=O)NC(=O)/C(=C/c3cc(Br)cc(Br)c3OCC(=O)Nc3ccccc3)C2=O)cc1. The van der Waals surface area contributed by atoms with Gasteiger partial charge < -0.3 is 14.8 Å². The van der Waals surface area contributed by atoms with Crippen molar-refractivity contribution in [1.82, 2.24) is 5.32 Å². The van der Waals surface area contributed by atoms with Gasteiger partial charge in [0.2, 0.25) is 0 Å². The molecule has 39 heavy (non-hydrogen) atoms. The van der Waals surface area contributed by atoms with Gasteiger partial charge in [-0.05, 0) is 70.5 Å². The maximum Gasteiger partial charge on any atom is 0.337 e. The number of barbiturate groups is 1. The summed E-state index contributed by atoms with van der Waals surface area (Å²) in [7, 11) is 1.23. The molecule has 1 aliphatic heterocycles. The molecule has 0 bridgehead atoms. The number of carbonyl (C=O) groups is 5. The smallest absolute Gasteiger partial charge is 0.337 e. The van der Waals surface area contributed by atoms with Crippen LogP contribution in [0.1, 0.15) is 15.9 Å². The summed E-state index contributed by atoms with van der Waals surface area (Å²) >= 11 is 6.76. The standard InChI is InChI=1S/C27H19Br2N3O7/c1-38-26(36)15-7-9-19(10-8-15)32-25(35)20(24(34)31-27(32)37)12-16-11-17(28)13-21(29)23(16)39-14-22(33)30-18-5-3-2-4-6-18/h2-13H,14H2,1H3,(H,30,33)(H,31,34,37)/b20-12-. The zero-order valence-corrected chi connectivity index (χ0v) is 23.4. The summed E-state index contributed by atoms with van der Waals surface area (Å²) < 4.78 is 11.5. The highest BCUT2D eigenvalue weighted by atomic mass is 79.9. The Kier molecular flexibility index (Phi) is 8.57. The van der Waals surface area contributed by atoms with Gasteiger partial charge in [0, 0.05) is 15.7 Å². The predicted molar refractivity (Wildman–Crippen MR) is 149 cm³/mol. The van der Waals surface area contributed by atoms with E-state index in [9.17, 15) is 24.0 Å². The largest absolute Gasteiger partial charge is 0.482 e. The number of urea groups is 1. The van der Waals surface area contributed by atoms with Crippen LogP contribution < -0.4 is 20.3 Å². The van der Waals surface area contributed by atoms with Gasteiger partial charge in [-0.15, -0.1) is 0 Å². The van der Waals surface area contributed by atoms with Crippen molar-refractivity contribution in [3.63, 3.8) is 0 Å². The van der Waals surface area contributed by atoms with Gasteiger partial charge in [-0.1, -0.05) is 34.1 Å². The summed E-state index contributed by atoms with van der Waals surface area (Å²) in [4.78, 5) is 63.5. The predicted octanol–water partition coefficient (Wildman–Crippen LogP) is 4.68. The summed E-state index contributed by atoms with van der Waals surface area (Å²) in [5.41, 5.74) is 0.882. The number of imide groups is 2. The van der Waals surface area contributed by atoms with Crippen molar-refractivity contribution in [2.45, 2.75) is 0 Å². The third-order valence-corrected chi connectivity index (χ3v) is 6.44. The van der Waals surface area contributed by atoms with Crippen molar-refractivity contribution in [3.05, 3.63) is 92.4 Å². The van der Waals surface area contributed by atoms with E-state index in [0.29, 0.717) is 14.6 Å². The Balaban J connectivity index is 1.62. The van der Waals surface area contributed by atoms with E-state index in [1.807, 2.05) is 6.07 Å². The number of rotatable bonds is 7. The van der Waals surface area contributed by atoms with Crippen molar-refractivity contribution in [3.8, 4) is 5.75 Å². The Morgan fingerprint density at radius 1 is 1.00 bits per heavy atom. The van der Waals surface area contributed by atoms with E-state index in [2.05, 4.69) is 47.2 Å². The zero-order valence-electron chi connectivity index (χ0n) is 20.2. The number of methoxy groups -OCH3 is 1. The minimum absolute atomic E-state index is 0.132. The highest BCUT2D eigenvalue weighted by Crippen LogP contribution is 2.35. The lowest BCUT2D eigenvalue weighted by Gasteiger charge is -2.26. The molecule has 1 saturated heterocycles. The molecule has 198 valence electrons. The summed E-state index contributed by atoms with van der Waals surface area (Å²) in [6.07, 6.45) is 1.26. The lowest BCUT2D eigenvalue weighted by atomic mass is 10.1. The van der Waals surface area contributed by atoms with Crippen molar-refractivity contribution in [2.75, 3.05) is 23.9 Å². The lowest BCUT2D eigenvalue weighted by molar-refractivity contribution is -0.122. The molecule has 0 aliphatic carbocycles. The van der Waals surface area contributed by atoms with Crippen LogP contribution >= 0.6 is 31.9 Å². The quantitative estimate of drug-likeness (QED) is 0.214. The fourth-order valence-corrected chi connectivity index (χ4v) is 4.98. The molecule has 2 N–H and O–H groups in total. The second-order valence-electron chi connectivity index (χ2n) is 8.01. The molecular weight excluding hydrogens is 638 g/mol. The van der Waals surface area contributed by atoms with E-state index in [0.717, 1.165) is 4.90 Å². The van der Waals surface area contributed by atoms with E-state index >= 15 is 0 Å². The third kappa shape index (κ3) is 6.41. The molecule has 5 amide bonds.